The SMILES string of the molecule is Cc1nc(-c2c(C)n(C)c3ccccc23)cn1CCN. The number of nitrogens with zero attached hydrogens (tertiary/aromatic N) is 3. The van der Waals surface area contributed by atoms with Crippen LogP contribution in [0.15, 0.2) is 30.5 Å². The third-order valence-electron chi connectivity index (χ3n) is 4.00. The van der Waals surface area contributed by atoms with Gasteiger partial charge in [-0.2, -0.15) is 0 Å². The van der Waals surface area contributed by atoms with E-state index in [2.05, 4.69) is 53.6 Å². The minimum Gasteiger partial charge on any atom is -0.347 e. The van der Waals surface area contributed by atoms with Gasteiger partial charge in [-0.25, -0.2) is 4.98 Å². The lowest BCUT2D eigenvalue weighted by Gasteiger charge is -2.00. The highest BCUT2D eigenvalue weighted by Gasteiger charge is 2.16. The summed E-state index contributed by atoms with van der Waals surface area (Å²) in [4.78, 5) is 4.72. The van der Waals surface area contributed by atoms with Crippen LogP contribution in [-0.4, -0.2) is 20.7 Å². The zero-order chi connectivity index (χ0) is 14.3. The molecule has 0 fully saturated rings. The topological polar surface area (TPSA) is 48.8 Å². The molecule has 1 aromatic carbocycles. The van der Waals surface area contributed by atoms with E-state index in [1.165, 1.54) is 22.2 Å². The van der Waals surface area contributed by atoms with Crippen molar-refractivity contribution in [1.82, 2.24) is 14.1 Å². The second kappa shape index (κ2) is 4.80. The maximum atomic E-state index is 5.65. The van der Waals surface area contributed by atoms with Gasteiger partial charge in [0.05, 0.1) is 5.69 Å². The number of benzene rings is 1. The Hall–Kier alpha value is -2.07. The van der Waals surface area contributed by atoms with E-state index in [0.29, 0.717) is 6.54 Å². The number of hydrogen-bond donors (Lipinski definition) is 1. The number of aryl methyl sites for hydroxylation is 2. The van der Waals surface area contributed by atoms with Crippen LogP contribution in [0, 0.1) is 13.8 Å². The van der Waals surface area contributed by atoms with Crippen molar-refractivity contribution in [2.45, 2.75) is 20.4 Å². The first-order chi connectivity index (χ1) is 9.63. The quantitative estimate of drug-likeness (QED) is 0.794. The molecule has 0 radical (unpaired) electrons. The molecule has 20 heavy (non-hydrogen) atoms. The number of hydrogen-bond acceptors (Lipinski definition) is 2. The van der Waals surface area contributed by atoms with Crippen LogP contribution in [0.1, 0.15) is 11.5 Å². The molecule has 0 amide bonds. The molecule has 0 aliphatic carbocycles. The van der Waals surface area contributed by atoms with E-state index >= 15 is 0 Å². The first kappa shape index (κ1) is 12.9. The number of aromatic nitrogens is 3. The van der Waals surface area contributed by atoms with Crippen molar-refractivity contribution in [3.8, 4) is 11.3 Å². The molecule has 4 nitrogen and oxygen atoms in total. The summed E-state index contributed by atoms with van der Waals surface area (Å²) < 4.78 is 4.35. The number of fused-ring (bicyclic) bond motifs is 1. The Morgan fingerprint density at radius 3 is 2.70 bits per heavy atom. The Morgan fingerprint density at radius 2 is 1.95 bits per heavy atom. The van der Waals surface area contributed by atoms with Gasteiger partial charge in [-0.05, 0) is 19.9 Å². The smallest absolute Gasteiger partial charge is 0.106 e. The number of nitrogens with two attached hydrogens (primary N) is 1. The first-order valence-corrected chi connectivity index (χ1v) is 6.91. The van der Waals surface area contributed by atoms with E-state index in [-0.39, 0.29) is 0 Å². The molecule has 2 N–H and O–H groups in total. The largest absolute Gasteiger partial charge is 0.347 e. The summed E-state index contributed by atoms with van der Waals surface area (Å²) in [6.45, 7) is 5.61. The van der Waals surface area contributed by atoms with Crippen molar-refractivity contribution in [3.05, 3.63) is 42.0 Å². The molecule has 3 rings (SSSR count). The van der Waals surface area contributed by atoms with E-state index in [1.54, 1.807) is 0 Å². The van der Waals surface area contributed by atoms with Gasteiger partial charge in [-0.15, -0.1) is 0 Å². The third kappa shape index (κ3) is 1.84. The number of para-hydroxylation sites is 1. The summed E-state index contributed by atoms with van der Waals surface area (Å²) in [6.07, 6.45) is 2.11. The van der Waals surface area contributed by atoms with Gasteiger partial charge < -0.3 is 14.9 Å². The predicted octanol–water partition coefficient (Wildman–Crippen LogP) is 2.62. The van der Waals surface area contributed by atoms with Gasteiger partial charge in [0.25, 0.3) is 0 Å². The predicted molar refractivity (Wildman–Crippen MR) is 82.7 cm³/mol. The highest BCUT2D eigenvalue weighted by atomic mass is 15.1. The molecule has 3 aromatic rings. The van der Waals surface area contributed by atoms with Gasteiger partial charge in [0, 0.05) is 48.5 Å². The summed E-state index contributed by atoms with van der Waals surface area (Å²) >= 11 is 0. The Morgan fingerprint density at radius 1 is 1.20 bits per heavy atom. The molecule has 4 heteroatoms. The average molecular weight is 268 g/mol. The first-order valence-electron chi connectivity index (χ1n) is 6.91. The molecule has 0 saturated carbocycles. The molecule has 104 valence electrons. The lowest BCUT2D eigenvalue weighted by atomic mass is 10.1. The lowest BCUT2D eigenvalue weighted by Crippen LogP contribution is -2.10. The van der Waals surface area contributed by atoms with Gasteiger partial charge in [0.2, 0.25) is 0 Å². The Labute approximate surface area is 118 Å². The van der Waals surface area contributed by atoms with E-state index < -0.39 is 0 Å². The maximum absolute atomic E-state index is 5.65. The van der Waals surface area contributed by atoms with E-state index in [1.807, 2.05) is 6.92 Å². The molecule has 2 heterocycles. The van der Waals surface area contributed by atoms with Crippen molar-refractivity contribution in [2.24, 2.45) is 12.8 Å². The van der Waals surface area contributed by atoms with Crippen LogP contribution in [0.3, 0.4) is 0 Å². The third-order valence-corrected chi connectivity index (χ3v) is 4.00. The van der Waals surface area contributed by atoms with Crippen LogP contribution in [0.4, 0.5) is 0 Å². The Balaban J connectivity index is 2.24. The van der Waals surface area contributed by atoms with Gasteiger partial charge in [0.15, 0.2) is 0 Å². The van der Waals surface area contributed by atoms with Gasteiger partial charge in [0.1, 0.15) is 5.82 Å². The van der Waals surface area contributed by atoms with Crippen LogP contribution in [0.2, 0.25) is 0 Å². The van der Waals surface area contributed by atoms with Crippen LogP contribution in [0.5, 0.6) is 0 Å². The molecule has 0 bridgehead atoms. The minimum absolute atomic E-state index is 0.630. The summed E-state index contributed by atoms with van der Waals surface area (Å²) in [5.41, 5.74) is 10.4. The lowest BCUT2D eigenvalue weighted by molar-refractivity contribution is 0.684. The van der Waals surface area contributed by atoms with Crippen LogP contribution in [0.25, 0.3) is 22.2 Å². The fourth-order valence-electron chi connectivity index (χ4n) is 2.84. The standard InChI is InChI=1S/C16H20N4/c1-11-16(13-6-4-5-7-15(13)19(11)3)14-10-20(9-8-17)12(2)18-14/h4-7,10H,8-9,17H2,1-3H3. The van der Waals surface area contributed by atoms with Gasteiger partial charge in [-0.3, -0.25) is 0 Å². The molecule has 2 aromatic heterocycles. The minimum atomic E-state index is 0.630. The second-order valence-electron chi connectivity index (χ2n) is 5.19. The molecule has 0 unspecified atom stereocenters. The van der Waals surface area contributed by atoms with Crippen molar-refractivity contribution in [3.63, 3.8) is 0 Å². The monoisotopic (exact) mass is 268 g/mol. The van der Waals surface area contributed by atoms with E-state index in [4.69, 9.17) is 10.7 Å². The van der Waals surface area contributed by atoms with Crippen LogP contribution in [-0.2, 0) is 13.6 Å². The molecule has 0 saturated heterocycles. The highest BCUT2D eigenvalue weighted by molar-refractivity contribution is 5.97. The summed E-state index contributed by atoms with van der Waals surface area (Å²) in [5.74, 6) is 1.01. The van der Waals surface area contributed by atoms with Gasteiger partial charge >= 0.3 is 0 Å². The summed E-state index contributed by atoms with van der Waals surface area (Å²) in [5, 5.41) is 1.25. The fraction of sp³-hybridized carbons (Fsp3) is 0.312. The zero-order valence-electron chi connectivity index (χ0n) is 12.2. The molecular weight excluding hydrogens is 248 g/mol. The van der Waals surface area contributed by atoms with Crippen LogP contribution < -0.4 is 5.73 Å². The van der Waals surface area contributed by atoms with Gasteiger partial charge in [-0.1, -0.05) is 18.2 Å². The molecule has 0 atom stereocenters. The maximum Gasteiger partial charge on any atom is 0.106 e. The number of rotatable bonds is 3. The van der Waals surface area contributed by atoms with E-state index in [0.717, 1.165) is 18.1 Å². The molecule has 0 spiro atoms. The summed E-state index contributed by atoms with van der Waals surface area (Å²) in [7, 11) is 2.10. The normalized spacial score (nSPS) is 11.4. The van der Waals surface area contributed by atoms with Crippen molar-refractivity contribution >= 4 is 10.9 Å². The fourth-order valence-corrected chi connectivity index (χ4v) is 2.84. The molecular formula is C16H20N4. The van der Waals surface area contributed by atoms with Crippen molar-refractivity contribution in [2.75, 3.05) is 6.54 Å². The molecule has 0 aliphatic rings. The average Bonchev–Trinajstić information content (AvgIpc) is 2.91. The van der Waals surface area contributed by atoms with Crippen molar-refractivity contribution < 1.29 is 0 Å². The van der Waals surface area contributed by atoms with Crippen LogP contribution >= 0.6 is 0 Å². The van der Waals surface area contributed by atoms with E-state index in [9.17, 15) is 0 Å². The van der Waals surface area contributed by atoms with Crippen molar-refractivity contribution in [1.29, 1.82) is 0 Å². The molecule has 0 aliphatic heterocycles. The Bertz CT molecular complexity index is 764. The number of imidazole rings is 1. The highest BCUT2D eigenvalue weighted by Crippen LogP contribution is 2.33. The Kier molecular flexibility index (Phi) is 3.10. The zero-order valence-corrected chi connectivity index (χ0v) is 12.2. The summed E-state index contributed by atoms with van der Waals surface area (Å²) in [6, 6.07) is 8.46. The second-order valence-corrected chi connectivity index (χ2v) is 5.19.